The minimum Gasteiger partial charge on any atom is -0.494 e. The molecule has 1 aliphatic heterocycles. The summed E-state index contributed by atoms with van der Waals surface area (Å²) in [6.45, 7) is 2.54. The topological polar surface area (TPSA) is 18.5 Å². The summed E-state index contributed by atoms with van der Waals surface area (Å²) in [6, 6.07) is 22.1. The lowest BCUT2D eigenvalue weighted by Gasteiger charge is -2.31. The van der Waals surface area contributed by atoms with Gasteiger partial charge in [-0.05, 0) is 48.4 Å². The van der Waals surface area contributed by atoms with E-state index < -0.39 is 9.93 Å². The highest BCUT2D eigenvalue weighted by atomic mass is 35.5. The quantitative estimate of drug-likeness (QED) is 0.444. The van der Waals surface area contributed by atoms with Gasteiger partial charge in [0.1, 0.15) is 17.3 Å². The first-order chi connectivity index (χ1) is 14.0. The normalized spacial score (nSPS) is 26.1. The third-order valence-electron chi connectivity index (χ3n) is 5.92. The van der Waals surface area contributed by atoms with Gasteiger partial charge in [0.05, 0.1) is 12.5 Å². The van der Waals surface area contributed by atoms with Crippen LogP contribution in [0.4, 0.5) is 4.39 Å². The zero-order valence-corrected chi connectivity index (χ0v) is 17.3. The first-order valence-corrected chi connectivity index (χ1v) is 10.4. The Morgan fingerprint density at radius 3 is 2.34 bits per heavy atom. The van der Waals surface area contributed by atoms with Gasteiger partial charge in [0.15, 0.2) is 9.93 Å². The maximum absolute atomic E-state index is 13.6. The Balaban J connectivity index is 1.65. The number of alkyl halides is 2. The molecular weight excluding hydrogens is 410 g/mol. The lowest BCUT2D eigenvalue weighted by molar-refractivity contribution is 0.137. The highest BCUT2D eigenvalue weighted by molar-refractivity contribution is 6.52. The summed E-state index contributed by atoms with van der Waals surface area (Å²) in [4.78, 5) is 0. The number of benzene rings is 3. The molecule has 0 aromatic heterocycles. The fraction of sp³-hybridized carbons (Fsp3) is 0.250. The Bertz CT molecular complexity index is 1050. The van der Waals surface area contributed by atoms with Crippen LogP contribution in [0.15, 0.2) is 72.8 Å². The predicted octanol–water partition coefficient (Wildman–Crippen LogP) is 6.45. The summed E-state index contributed by atoms with van der Waals surface area (Å²) in [5.41, 5.74) is 1.99. The van der Waals surface area contributed by atoms with Crippen molar-refractivity contribution in [1.29, 1.82) is 0 Å². The molecule has 3 aromatic carbocycles. The van der Waals surface area contributed by atoms with Crippen LogP contribution >= 0.6 is 23.2 Å². The van der Waals surface area contributed by atoms with E-state index in [0.717, 1.165) is 28.2 Å². The van der Waals surface area contributed by atoms with E-state index in [2.05, 4.69) is 0 Å². The zero-order chi connectivity index (χ0) is 20.2. The fourth-order valence-corrected chi connectivity index (χ4v) is 5.58. The van der Waals surface area contributed by atoms with Crippen molar-refractivity contribution in [2.45, 2.75) is 22.8 Å². The van der Waals surface area contributed by atoms with Gasteiger partial charge in [-0.2, -0.15) is 0 Å². The van der Waals surface area contributed by atoms with Crippen LogP contribution in [-0.4, -0.2) is 10.9 Å². The Hall–Kier alpha value is -2.23. The van der Waals surface area contributed by atoms with Gasteiger partial charge in [-0.15, -0.1) is 0 Å². The minimum atomic E-state index is -1.13. The molecule has 0 unspecified atom stereocenters. The molecule has 3 atom stereocenters. The van der Waals surface area contributed by atoms with Crippen molar-refractivity contribution in [2.75, 3.05) is 6.61 Å². The number of para-hydroxylation sites is 1. The molecule has 0 N–H and O–H groups in total. The first kappa shape index (κ1) is 18.8. The first-order valence-electron chi connectivity index (χ1n) is 9.63. The van der Waals surface area contributed by atoms with Gasteiger partial charge in [-0.3, -0.25) is 0 Å². The smallest absolute Gasteiger partial charge is 0.174 e. The maximum Gasteiger partial charge on any atom is 0.174 e. The number of fused-ring (bicyclic) bond motifs is 2. The second kappa shape index (κ2) is 6.65. The average molecular weight is 429 g/mol. The lowest BCUT2D eigenvalue weighted by atomic mass is 9.82. The van der Waals surface area contributed by atoms with Crippen molar-refractivity contribution in [1.82, 2.24) is 0 Å². The standard InChI is InChI=1S/C24H19Cl2FO2/c1-2-28-18-13-9-16(10-14-18)23-22(24(23,25)26)21(15-7-11-17(27)12-8-15)19-5-3-4-6-20(19)29-23/h3-14,21-22H,2H2,1H3/t21-,22+,23-/m1/s1. The summed E-state index contributed by atoms with van der Waals surface area (Å²) in [6.07, 6.45) is 0. The van der Waals surface area contributed by atoms with Crippen molar-refractivity contribution in [3.63, 3.8) is 0 Å². The molecule has 148 valence electrons. The summed E-state index contributed by atoms with van der Waals surface area (Å²) in [5.74, 6) is 0.936. The number of halogens is 3. The fourth-order valence-electron chi connectivity index (χ4n) is 4.60. The number of hydrogen-bond acceptors (Lipinski definition) is 2. The number of ether oxygens (including phenoxy) is 2. The maximum atomic E-state index is 13.6. The molecule has 0 amide bonds. The molecule has 1 heterocycles. The molecule has 0 saturated heterocycles. The SMILES string of the molecule is CCOc1ccc([C@@]23Oc4ccccc4[C@@H](c4ccc(F)cc4)[C@@H]2C3(Cl)Cl)cc1. The molecule has 0 bridgehead atoms. The third kappa shape index (κ3) is 2.68. The van der Waals surface area contributed by atoms with Crippen LogP contribution in [0, 0.1) is 11.7 Å². The minimum absolute atomic E-state index is 0.109. The second-order valence-corrected chi connectivity index (χ2v) is 8.85. The molecule has 5 heteroatoms. The van der Waals surface area contributed by atoms with E-state index in [0.29, 0.717) is 6.61 Å². The van der Waals surface area contributed by atoms with Crippen LogP contribution in [0.3, 0.4) is 0 Å². The molecule has 2 nitrogen and oxygen atoms in total. The van der Waals surface area contributed by atoms with Crippen molar-refractivity contribution in [2.24, 2.45) is 5.92 Å². The molecule has 1 aliphatic carbocycles. The van der Waals surface area contributed by atoms with Crippen LogP contribution in [-0.2, 0) is 5.60 Å². The third-order valence-corrected chi connectivity index (χ3v) is 6.95. The van der Waals surface area contributed by atoms with Gasteiger partial charge >= 0.3 is 0 Å². The van der Waals surface area contributed by atoms with Gasteiger partial charge in [0.25, 0.3) is 0 Å². The summed E-state index contributed by atoms with van der Waals surface area (Å²) in [5, 5.41) is 0. The molecule has 29 heavy (non-hydrogen) atoms. The molecule has 0 radical (unpaired) electrons. The van der Waals surface area contributed by atoms with Crippen molar-refractivity contribution < 1.29 is 13.9 Å². The van der Waals surface area contributed by atoms with E-state index in [9.17, 15) is 4.39 Å². The largest absolute Gasteiger partial charge is 0.494 e. The van der Waals surface area contributed by atoms with Crippen LogP contribution < -0.4 is 9.47 Å². The lowest BCUT2D eigenvalue weighted by Crippen LogP contribution is -2.28. The second-order valence-electron chi connectivity index (χ2n) is 7.46. The molecule has 5 rings (SSSR count). The number of hydrogen-bond donors (Lipinski definition) is 0. The van der Waals surface area contributed by atoms with Crippen LogP contribution in [0.25, 0.3) is 0 Å². The van der Waals surface area contributed by atoms with Gasteiger partial charge in [0, 0.05) is 11.5 Å². The van der Waals surface area contributed by atoms with Crippen LogP contribution in [0.1, 0.15) is 29.5 Å². The van der Waals surface area contributed by atoms with Crippen molar-refractivity contribution >= 4 is 23.2 Å². The van der Waals surface area contributed by atoms with Crippen molar-refractivity contribution in [3.05, 3.63) is 95.3 Å². The molecular formula is C24H19Cl2FO2. The summed E-state index contributed by atoms with van der Waals surface area (Å²) >= 11 is 13.8. The van der Waals surface area contributed by atoms with Gasteiger partial charge in [0.2, 0.25) is 0 Å². The predicted molar refractivity (Wildman–Crippen MR) is 113 cm³/mol. The summed E-state index contributed by atoms with van der Waals surface area (Å²) in [7, 11) is 0. The molecule has 2 aliphatic rings. The van der Waals surface area contributed by atoms with E-state index in [-0.39, 0.29) is 17.7 Å². The van der Waals surface area contributed by atoms with E-state index in [1.165, 1.54) is 12.1 Å². The van der Waals surface area contributed by atoms with Crippen molar-refractivity contribution in [3.8, 4) is 11.5 Å². The molecule has 1 fully saturated rings. The van der Waals surface area contributed by atoms with Gasteiger partial charge in [-0.1, -0.05) is 65.7 Å². The Morgan fingerprint density at radius 1 is 0.966 bits per heavy atom. The van der Waals surface area contributed by atoms with Gasteiger partial charge < -0.3 is 9.47 Å². The van der Waals surface area contributed by atoms with E-state index in [4.69, 9.17) is 32.7 Å². The van der Waals surface area contributed by atoms with E-state index >= 15 is 0 Å². The Kier molecular flexibility index (Phi) is 4.30. The summed E-state index contributed by atoms with van der Waals surface area (Å²) < 4.78 is 24.5. The Labute approximate surface area is 179 Å². The average Bonchev–Trinajstić information content (AvgIpc) is 3.23. The highest BCUT2D eigenvalue weighted by Gasteiger charge is 2.83. The number of rotatable bonds is 4. The molecule has 1 saturated carbocycles. The monoisotopic (exact) mass is 428 g/mol. The highest BCUT2D eigenvalue weighted by Crippen LogP contribution is 2.77. The van der Waals surface area contributed by atoms with E-state index in [1.807, 2.05) is 55.5 Å². The van der Waals surface area contributed by atoms with Crippen LogP contribution in [0.2, 0.25) is 0 Å². The molecule has 3 aromatic rings. The zero-order valence-electron chi connectivity index (χ0n) is 15.7. The van der Waals surface area contributed by atoms with E-state index in [1.54, 1.807) is 12.1 Å². The molecule has 0 spiro atoms. The Morgan fingerprint density at radius 2 is 1.66 bits per heavy atom. The van der Waals surface area contributed by atoms with Crippen LogP contribution in [0.5, 0.6) is 11.5 Å². The van der Waals surface area contributed by atoms with Gasteiger partial charge in [-0.25, -0.2) is 4.39 Å².